The number of anilines is 1. The summed E-state index contributed by atoms with van der Waals surface area (Å²) in [4.78, 5) is 1.85. The zero-order valence-corrected chi connectivity index (χ0v) is 9.11. The lowest BCUT2D eigenvalue weighted by molar-refractivity contribution is 0.242. The van der Waals surface area contributed by atoms with Gasteiger partial charge in [-0.15, -0.1) is 0 Å². The average molecular weight is 195 g/mol. The molecule has 0 heterocycles. The Labute approximate surface area is 84.9 Å². The lowest BCUT2D eigenvalue weighted by Gasteiger charge is -2.16. The van der Waals surface area contributed by atoms with Gasteiger partial charge in [0.2, 0.25) is 0 Å². The van der Waals surface area contributed by atoms with Crippen molar-refractivity contribution in [3.8, 4) is 11.5 Å². The predicted octanol–water partition coefficient (Wildman–Crippen LogP) is 2.25. The van der Waals surface area contributed by atoms with Gasteiger partial charge in [0.15, 0.2) is 0 Å². The van der Waals surface area contributed by atoms with Gasteiger partial charge in [-0.25, -0.2) is 0 Å². The van der Waals surface area contributed by atoms with Crippen LogP contribution in [0.3, 0.4) is 0 Å². The van der Waals surface area contributed by atoms with E-state index in [-0.39, 0.29) is 11.9 Å². The molecule has 1 N–H and O–H groups in total. The number of nitrogens with zero attached hydrogens (tertiary/aromatic N) is 1. The minimum absolute atomic E-state index is 0.148. The first-order valence-corrected chi connectivity index (χ1v) is 4.67. The summed E-state index contributed by atoms with van der Waals surface area (Å²) in [6.07, 6.45) is 0.148. The highest BCUT2D eigenvalue weighted by molar-refractivity contribution is 5.59. The van der Waals surface area contributed by atoms with E-state index >= 15 is 0 Å². The number of benzene rings is 1. The molecule has 3 nitrogen and oxygen atoms in total. The summed E-state index contributed by atoms with van der Waals surface area (Å²) in [5.74, 6) is 1.05. The largest absolute Gasteiger partial charge is 0.506 e. The van der Waals surface area contributed by atoms with Crippen LogP contribution in [0.25, 0.3) is 0 Å². The summed E-state index contributed by atoms with van der Waals surface area (Å²) in [7, 11) is 3.77. The van der Waals surface area contributed by atoms with Crippen LogP contribution in [0.2, 0.25) is 0 Å². The summed E-state index contributed by atoms with van der Waals surface area (Å²) in [5.41, 5.74) is 0.767. The fourth-order valence-electron chi connectivity index (χ4n) is 1.21. The lowest BCUT2D eigenvalue weighted by Crippen LogP contribution is -2.10. The molecule has 1 aromatic carbocycles. The SMILES string of the molecule is CC(C)Oc1ccc(O)c(N(C)C)c1. The molecule has 14 heavy (non-hydrogen) atoms. The molecule has 1 rings (SSSR count). The first-order chi connectivity index (χ1) is 6.50. The van der Waals surface area contributed by atoms with E-state index in [1.54, 1.807) is 12.1 Å². The summed E-state index contributed by atoms with van der Waals surface area (Å²) >= 11 is 0. The second kappa shape index (κ2) is 4.22. The third kappa shape index (κ3) is 2.55. The Bertz CT molecular complexity index is 308. The molecule has 0 radical (unpaired) electrons. The maximum atomic E-state index is 9.54. The van der Waals surface area contributed by atoms with E-state index in [1.165, 1.54) is 0 Å². The quantitative estimate of drug-likeness (QED) is 0.803. The lowest BCUT2D eigenvalue weighted by atomic mass is 10.2. The van der Waals surface area contributed by atoms with Crippen molar-refractivity contribution in [1.29, 1.82) is 0 Å². The van der Waals surface area contributed by atoms with Crippen LogP contribution in [0.15, 0.2) is 18.2 Å². The minimum Gasteiger partial charge on any atom is -0.506 e. The van der Waals surface area contributed by atoms with Crippen LogP contribution in [0.4, 0.5) is 5.69 Å². The monoisotopic (exact) mass is 195 g/mol. The highest BCUT2D eigenvalue weighted by Gasteiger charge is 2.05. The van der Waals surface area contributed by atoms with Crippen molar-refractivity contribution < 1.29 is 9.84 Å². The topological polar surface area (TPSA) is 32.7 Å². The van der Waals surface area contributed by atoms with Crippen LogP contribution in [0, 0.1) is 0 Å². The number of hydrogen-bond donors (Lipinski definition) is 1. The van der Waals surface area contributed by atoms with Gasteiger partial charge >= 0.3 is 0 Å². The maximum Gasteiger partial charge on any atom is 0.139 e. The van der Waals surface area contributed by atoms with E-state index in [2.05, 4.69) is 0 Å². The van der Waals surface area contributed by atoms with E-state index < -0.39 is 0 Å². The maximum absolute atomic E-state index is 9.54. The Kier molecular flexibility index (Phi) is 3.23. The molecule has 0 fully saturated rings. The van der Waals surface area contributed by atoms with Crippen LogP contribution in [-0.4, -0.2) is 25.3 Å². The van der Waals surface area contributed by atoms with E-state index in [1.807, 2.05) is 38.9 Å². The first kappa shape index (κ1) is 10.7. The van der Waals surface area contributed by atoms with Crippen molar-refractivity contribution in [3.63, 3.8) is 0 Å². The Morgan fingerprint density at radius 3 is 2.43 bits per heavy atom. The van der Waals surface area contributed by atoms with Crippen molar-refractivity contribution in [2.24, 2.45) is 0 Å². The third-order valence-electron chi connectivity index (χ3n) is 1.80. The van der Waals surface area contributed by atoms with Gasteiger partial charge in [0.05, 0.1) is 11.8 Å². The third-order valence-corrected chi connectivity index (χ3v) is 1.80. The molecule has 0 aliphatic heterocycles. The molecule has 0 aliphatic rings. The van der Waals surface area contributed by atoms with Gasteiger partial charge in [0.1, 0.15) is 11.5 Å². The molecule has 0 aliphatic carbocycles. The minimum atomic E-state index is 0.148. The molecule has 0 spiro atoms. The summed E-state index contributed by atoms with van der Waals surface area (Å²) in [5, 5.41) is 9.54. The van der Waals surface area contributed by atoms with E-state index in [0.29, 0.717) is 0 Å². The van der Waals surface area contributed by atoms with Crippen molar-refractivity contribution in [1.82, 2.24) is 0 Å². The molecule has 0 amide bonds. The van der Waals surface area contributed by atoms with Crippen molar-refractivity contribution >= 4 is 5.69 Å². The Morgan fingerprint density at radius 2 is 1.93 bits per heavy atom. The first-order valence-electron chi connectivity index (χ1n) is 4.67. The Balaban J connectivity index is 2.94. The molecule has 3 heteroatoms. The molecule has 0 bridgehead atoms. The highest BCUT2D eigenvalue weighted by Crippen LogP contribution is 2.30. The molecular formula is C11H17NO2. The molecule has 1 aromatic rings. The summed E-state index contributed by atoms with van der Waals surface area (Å²) in [6.45, 7) is 3.95. The fraction of sp³-hybridized carbons (Fsp3) is 0.455. The zero-order valence-electron chi connectivity index (χ0n) is 9.11. The molecule has 0 saturated heterocycles. The van der Waals surface area contributed by atoms with Crippen LogP contribution < -0.4 is 9.64 Å². The molecule has 0 saturated carbocycles. The summed E-state index contributed by atoms with van der Waals surface area (Å²) < 4.78 is 5.52. The number of phenols is 1. The second-order valence-corrected chi connectivity index (χ2v) is 3.71. The zero-order chi connectivity index (χ0) is 10.7. The molecular weight excluding hydrogens is 178 g/mol. The molecule has 0 unspecified atom stereocenters. The Hall–Kier alpha value is -1.38. The van der Waals surface area contributed by atoms with Gasteiger partial charge in [-0.1, -0.05) is 0 Å². The van der Waals surface area contributed by atoms with E-state index in [0.717, 1.165) is 11.4 Å². The van der Waals surface area contributed by atoms with Gasteiger partial charge in [0.25, 0.3) is 0 Å². The van der Waals surface area contributed by atoms with Crippen molar-refractivity contribution in [2.75, 3.05) is 19.0 Å². The number of rotatable bonds is 3. The van der Waals surface area contributed by atoms with E-state index in [9.17, 15) is 5.11 Å². The normalized spacial score (nSPS) is 10.4. The predicted molar refractivity (Wildman–Crippen MR) is 58.2 cm³/mol. The van der Waals surface area contributed by atoms with Gasteiger partial charge in [0, 0.05) is 20.2 Å². The fourth-order valence-corrected chi connectivity index (χ4v) is 1.21. The van der Waals surface area contributed by atoms with Crippen molar-refractivity contribution in [3.05, 3.63) is 18.2 Å². The summed E-state index contributed by atoms with van der Waals surface area (Å²) in [6, 6.07) is 5.24. The molecule has 78 valence electrons. The molecule has 0 atom stereocenters. The second-order valence-electron chi connectivity index (χ2n) is 3.71. The highest BCUT2D eigenvalue weighted by atomic mass is 16.5. The van der Waals surface area contributed by atoms with Crippen LogP contribution >= 0.6 is 0 Å². The molecule has 0 aromatic heterocycles. The number of ether oxygens (including phenoxy) is 1. The van der Waals surface area contributed by atoms with Gasteiger partial charge in [-0.2, -0.15) is 0 Å². The van der Waals surface area contributed by atoms with Crippen LogP contribution in [0.1, 0.15) is 13.8 Å². The number of phenolic OH excluding ortho intramolecular Hbond substituents is 1. The average Bonchev–Trinajstić information content (AvgIpc) is 2.07. The number of hydrogen-bond acceptors (Lipinski definition) is 3. The van der Waals surface area contributed by atoms with Crippen LogP contribution in [-0.2, 0) is 0 Å². The van der Waals surface area contributed by atoms with Gasteiger partial charge in [-0.3, -0.25) is 0 Å². The van der Waals surface area contributed by atoms with Gasteiger partial charge < -0.3 is 14.7 Å². The smallest absolute Gasteiger partial charge is 0.139 e. The van der Waals surface area contributed by atoms with Crippen LogP contribution in [0.5, 0.6) is 11.5 Å². The standard InChI is InChI=1S/C11H17NO2/c1-8(2)14-9-5-6-11(13)10(7-9)12(3)4/h5-8,13H,1-4H3. The van der Waals surface area contributed by atoms with Crippen molar-refractivity contribution in [2.45, 2.75) is 20.0 Å². The van der Waals surface area contributed by atoms with E-state index in [4.69, 9.17) is 4.74 Å². The van der Waals surface area contributed by atoms with Gasteiger partial charge in [-0.05, 0) is 26.0 Å². The number of aromatic hydroxyl groups is 1. The Morgan fingerprint density at radius 1 is 1.29 bits per heavy atom.